The van der Waals surface area contributed by atoms with Crippen LogP contribution in [0.25, 0.3) is 31.9 Å². The van der Waals surface area contributed by atoms with Crippen molar-refractivity contribution in [3.05, 3.63) is 20.2 Å². The second-order valence-corrected chi connectivity index (χ2v) is 11.7. The first-order valence-corrected chi connectivity index (χ1v) is 13.0. The van der Waals surface area contributed by atoms with Gasteiger partial charge < -0.3 is 0 Å². The van der Waals surface area contributed by atoms with Gasteiger partial charge >= 0.3 is 174 Å². The molecule has 1 aromatic carbocycles. The van der Waals surface area contributed by atoms with Crippen molar-refractivity contribution in [2.24, 2.45) is 3.96 Å². The quantitative estimate of drug-likeness (QED) is 0.346. The van der Waals surface area contributed by atoms with Crippen LogP contribution in [0.4, 0.5) is 11.4 Å². The van der Waals surface area contributed by atoms with Crippen LogP contribution in [0.3, 0.4) is 0 Å². The van der Waals surface area contributed by atoms with Crippen LogP contribution in [0, 0.1) is 0 Å². The second-order valence-electron chi connectivity index (χ2n) is 4.70. The van der Waals surface area contributed by atoms with Gasteiger partial charge in [0.15, 0.2) is 0 Å². The summed E-state index contributed by atoms with van der Waals surface area (Å²) in [7, 11) is 0. The average Bonchev–Trinajstić information content (AvgIpc) is 3.31. The predicted octanol–water partition coefficient (Wildman–Crippen LogP) is 4.05. The number of nitrogens with zero attached hydrogens (tertiary/aromatic N) is 5. The monoisotopic (exact) mass is 614 g/mol. The molecule has 0 spiro atoms. The minimum atomic E-state index is -0.306. The van der Waals surface area contributed by atoms with Gasteiger partial charge in [-0.25, -0.2) is 0 Å². The molecule has 1 N–H and O–H groups in total. The van der Waals surface area contributed by atoms with Gasteiger partial charge in [-0.15, -0.1) is 0 Å². The molecule has 4 aromatic rings. The van der Waals surface area contributed by atoms with Crippen molar-refractivity contribution >= 4 is 107 Å². The molecule has 0 atom stereocenters. The number of aromatic nitrogens is 4. The molecule has 6 nitrogen and oxygen atoms in total. The average molecular weight is 614 g/mol. The Morgan fingerprint density at radius 3 is 2.21 bits per heavy atom. The van der Waals surface area contributed by atoms with E-state index in [1.165, 1.54) is 0 Å². The van der Waals surface area contributed by atoms with E-state index in [0.717, 1.165) is 51.1 Å². The van der Waals surface area contributed by atoms with E-state index in [9.17, 15) is 0 Å². The first-order valence-electron chi connectivity index (χ1n) is 6.44. The summed E-state index contributed by atoms with van der Waals surface area (Å²) < 4.78 is 19.4. The van der Waals surface area contributed by atoms with Crippen LogP contribution < -0.4 is 4.33 Å². The Labute approximate surface area is 172 Å². The van der Waals surface area contributed by atoms with Crippen molar-refractivity contribution in [3.8, 4) is 20.9 Å². The Hall–Kier alpha value is -0.321. The molecule has 0 radical (unpaired) electrons. The van der Waals surface area contributed by atoms with Gasteiger partial charge in [0.1, 0.15) is 0 Å². The Morgan fingerprint density at radius 2 is 1.58 bits per heavy atom. The maximum atomic E-state index is 4.78. The summed E-state index contributed by atoms with van der Waals surface area (Å²) in [5.41, 5.74) is 6.07. The SMILES string of the molecule is Brc1ncc(-c2c3c(c(-c4cnc(Br)s4)c4n[se]nc24)N[SeH]=N3)s1. The molecule has 0 saturated carbocycles. The van der Waals surface area contributed by atoms with Gasteiger partial charge in [-0.05, 0) is 0 Å². The van der Waals surface area contributed by atoms with Gasteiger partial charge in [0.05, 0.1) is 0 Å². The van der Waals surface area contributed by atoms with Crippen molar-refractivity contribution < 1.29 is 0 Å². The number of nitrogens with one attached hydrogen (secondary N) is 1. The number of rotatable bonds is 2. The standard InChI is InChI=1S/C12H4Br2N6S2Se2/c13-11-15-1-3(21-11)5-7-9(19-23-17-7)6(4-2-16-12(14)22-4)10-8(5)18-24-20-10/h1-2,23H,(H,17,19). The Morgan fingerprint density at radius 1 is 0.958 bits per heavy atom. The van der Waals surface area contributed by atoms with Gasteiger partial charge in [0, 0.05) is 0 Å². The summed E-state index contributed by atoms with van der Waals surface area (Å²) in [4.78, 5) is 10.8. The molecule has 24 heavy (non-hydrogen) atoms. The van der Waals surface area contributed by atoms with Crippen LogP contribution in [-0.2, 0) is 0 Å². The Balaban J connectivity index is 1.91. The van der Waals surface area contributed by atoms with E-state index in [4.69, 9.17) is 11.9 Å². The van der Waals surface area contributed by atoms with Gasteiger partial charge in [0.2, 0.25) is 0 Å². The fourth-order valence-corrected chi connectivity index (χ4v) is 7.74. The normalized spacial score (nSPS) is 13.1. The molecular formula is C12H4Br2N6S2Se2. The summed E-state index contributed by atoms with van der Waals surface area (Å²) in [5, 5.41) is 0. The number of halogens is 2. The Bertz CT molecular complexity index is 1130. The second kappa shape index (κ2) is 6.14. The predicted molar refractivity (Wildman–Crippen MR) is 107 cm³/mol. The third-order valence-electron chi connectivity index (χ3n) is 3.45. The summed E-state index contributed by atoms with van der Waals surface area (Å²) in [6.07, 6.45) is 3.75. The molecule has 1 aliphatic rings. The van der Waals surface area contributed by atoms with Crippen LogP contribution in [0.15, 0.2) is 24.2 Å². The molecule has 4 heterocycles. The van der Waals surface area contributed by atoms with Gasteiger partial charge in [-0.2, -0.15) is 0 Å². The third kappa shape index (κ3) is 2.44. The number of hydrogen-bond donors (Lipinski definition) is 1. The molecule has 1 aliphatic heterocycles. The number of benzene rings is 1. The van der Waals surface area contributed by atoms with Crippen LogP contribution in [0.1, 0.15) is 0 Å². The van der Waals surface area contributed by atoms with Crippen LogP contribution in [0.5, 0.6) is 0 Å². The molecule has 0 saturated heterocycles. The fraction of sp³-hybridized carbons (Fsp3) is 0. The van der Waals surface area contributed by atoms with E-state index >= 15 is 0 Å². The number of thiazole rings is 2. The molecule has 0 bridgehead atoms. The zero-order valence-electron chi connectivity index (χ0n) is 11.3. The first-order chi connectivity index (χ1) is 11.7. The van der Waals surface area contributed by atoms with Gasteiger partial charge in [-0.1, -0.05) is 0 Å². The topological polar surface area (TPSA) is 76.0 Å². The third-order valence-corrected chi connectivity index (χ3v) is 8.85. The van der Waals surface area contributed by atoms with E-state index in [1.807, 2.05) is 12.4 Å². The van der Waals surface area contributed by atoms with Gasteiger partial charge in [-0.3, -0.25) is 0 Å². The molecule has 12 heteroatoms. The molecule has 3 aromatic heterocycles. The summed E-state index contributed by atoms with van der Waals surface area (Å²) in [6, 6.07) is 0. The first kappa shape index (κ1) is 15.9. The van der Waals surface area contributed by atoms with Crippen molar-refractivity contribution in [1.82, 2.24) is 17.9 Å². The number of hydrogen-bond acceptors (Lipinski definition) is 8. The zero-order chi connectivity index (χ0) is 16.3. The van der Waals surface area contributed by atoms with Crippen LogP contribution in [-0.4, -0.2) is 47.9 Å². The molecule has 0 unspecified atom stereocenters. The molecular weight excluding hydrogens is 610 g/mol. The molecule has 0 amide bonds. The molecule has 0 aliphatic carbocycles. The molecule has 5 rings (SSSR count). The summed E-state index contributed by atoms with van der Waals surface area (Å²) >= 11 is 9.66. The van der Waals surface area contributed by atoms with E-state index in [2.05, 4.69) is 46.2 Å². The molecule has 0 fully saturated rings. The van der Waals surface area contributed by atoms with Crippen LogP contribution in [0.2, 0.25) is 0 Å². The minimum absolute atomic E-state index is 0.127. The number of anilines is 1. The number of fused-ring (bicyclic) bond motifs is 2. The Kier molecular flexibility index (Phi) is 4.06. The molecule has 120 valence electrons. The van der Waals surface area contributed by atoms with Crippen molar-refractivity contribution in [3.63, 3.8) is 0 Å². The van der Waals surface area contributed by atoms with Crippen molar-refractivity contribution in [1.29, 1.82) is 0 Å². The van der Waals surface area contributed by atoms with E-state index in [-0.39, 0.29) is 29.9 Å². The maximum absolute atomic E-state index is 4.78. The van der Waals surface area contributed by atoms with Crippen molar-refractivity contribution in [2.45, 2.75) is 0 Å². The summed E-state index contributed by atoms with van der Waals surface area (Å²) in [6.45, 7) is 0. The zero-order valence-corrected chi connectivity index (χ0v) is 19.7. The van der Waals surface area contributed by atoms with E-state index < -0.39 is 0 Å². The van der Waals surface area contributed by atoms with E-state index in [0.29, 0.717) is 0 Å². The summed E-state index contributed by atoms with van der Waals surface area (Å²) in [5.74, 6) is 0. The van der Waals surface area contributed by atoms with Crippen LogP contribution >= 0.6 is 54.5 Å². The van der Waals surface area contributed by atoms with Gasteiger partial charge in [0.25, 0.3) is 0 Å². The van der Waals surface area contributed by atoms with Crippen molar-refractivity contribution in [2.75, 3.05) is 4.33 Å². The fourth-order valence-electron chi connectivity index (χ4n) is 2.53. The van der Waals surface area contributed by atoms with E-state index in [1.54, 1.807) is 22.7 Å².